The van der Waals surface area contributed by atoms with Gasteiger partial charge < -0.3 is 44.6 Å². The van der Waals surface area contributed by atoms with Gasteiger partial charge in [0.2, 0.25) is 0 Å². The van der Waals surface area contributed by atoms with Crippen molar-refractivity contribution < 1.29 is 111 Å². The van der Waals surface area contributed by atoms with Crippen LogP contribution in [0.1, 0.15) is 141 Å². The van der Waals surface area contributed by atoms with Gasteiger partial charge in [-0.15, -0.1) is 0 Å². The van der Waals surface area contributed by atoms with Crippen molar-refractivity contribution in [1.29, 1.82) is 0 Å². The third-order valence-corrected chi connectivity index (χ3v) is 8.11. The van der Waals surface area contributed by atoms with Gasteiger partial charge in [0.25, 0.3) is 11.4 Å². The lowest BCUT2D eigenvalue weighted by atomic mass is 10.1. The lowest BCUT2D eigenvalue weighted by Gasteiger charge is -2.30. The maximum absolute atomic E-state index is 13.5. The Morgan fingerprint density at radius 3 is 0.916 bits per heavy atom. The molecule has 0 fully saturated rings. The fraction of sp³-hybridized carbons (Fsp3) is 0.529. The van der Waals surface area contributed by atoms with E-state index in [-0.39, 0.29) is 21.6 Å². The summed E-state index contributed by atoms with van der Waals surface area (Å²) in [6.07, 6.45) is -22.1. The number of nitro benzene ring substituents is 2. The molecule has 0 unspecified atom stereocenters. The van der Waals surface area contributed by atoms with Crippen LogP contribution in [0.25, 0.3) is 0 Å². The monoisotopic (exact) mass is 1210 g/mol. The number of hydrogen-bond acceptors (Lipinski definition) is 19. The highest BCUT2D eigenvalue weighted by molar-refractivity contribution is 6.11. The van der Waals surface area contributed by atoms with Crippen LogP contribution in [0.2, 0.25) is 0 Å². The number of carbonyl (C=O) groups excluding carboxylic acids is 6. The number of nitrogen functional groups attached to an aromatic ring is 2. The van der Waals surface area contributed by atoms with Crippen LogP contribution in [0, 0.1) is 20.2 Å². The fourth-order valence-electron chi connectivity index (χ4n) is 5.32. The van der Waals surface area contributed by atoms with Crippen LogP contribution < -0.4 is 21.3 Å². The van der Waals surface area contributed by atoms with Gasteiger partial charge in [0.15, 0.2) is 0 Å². The van der Waals surface area contributed by atoms with Crippen molar-refractivity contribution in [2.24, 2.45) is 0 Å². The summed E-state index contributed by atoms with van der Waals surface area (Å²) in [6.45, 7) is 27.9. The predicted octanol–water partition coefficient (Wildman–Crippen LogP) is 15.3. The zero-order valence-corrected chi connectivity index (χ0v) is 48.5. The average Bonchev–Trinajstić information content (AvgIpc) is 3.20. The Morgan fingerprint density at radius 2 is 0.651 bits per heavy atom. The Kier molecular flexibility index (Phi) is 24.8. The summed E-state index contributed by atoms with van der Waals surface area (Å²) >= 11 is 0. The molecule has 0 heterocycles. The Bertz CT molecular complexity index is 2740. The van der Waals surface area contributed by atoms with Crippen LogP contribution in [0.4, 0.5) is 102 Å². The van der Waals surface area contributed by atoms with E-state index in [4.69, 9.17) is 39.9 Å². The Morgan fingerprint density at radius 1 is 0.398 bits per heavy atom. The molecule has 0 bridgehead atoms. The van der Waals surface area contributed by atoms with E-state index in [1.165, 1.54) is 83.1 Å². The van der Waals surface area contributed by atoms with Gasteiger partial charge in [-0.1, -0.05) is 0 Å². The van der Waals surface area contributed by atoms with Gasteiger partial charge in [0.1, 0.15) is 33.6 Å². The van der Waals surface area contributed by atoms with Crippen LogP contribution in [-0.2, 0) is 51.7 Å². The van der Waals surface area contributed by atoms with Crippen molar-refractivity contribution in [2.45, 2.75) is 177 Å². The lowest BCUT2D eigenvalue weighted by molar-refractivity contribution is -0.385. The maximum atomic E-state index is 13.5. The molecular formula is C51H67F9N6O17. The van der Waals surface area contributed by atoms with Crippen LogP contribution in [0.3, 0.4) is 0 Å². The molecule has 0 spiro atoms. The fourth-order valence-corrected chi connectivity index (χ4v) is 5.32. The summed E-state index contributed by atoms with van der Waals surface area (Å²) in [5.74, 6) is 0. The molecule has 0 aliphatic rings. The molecule has 0 saturated carbocycles. The zero-order chi connectivity index (χ0) is 65.8. The van der Waals surface area contributed by atoms with Gasteiger partial charge in [-0.05, 0) is 155 Å². The molecule has 466 valence electrons. The highest BCUT2D eigenvalue weighted by Crippen LogP contribution is 2.41. The maximum Gasteiger partial charge on any atom is 0.519 e. The van der Waals surface area contributed by atoms with Gasteiger partial charge in [-0.2, -0.15) is 49.3 Å². The van der Waals surface area contributed by atoms with Crippen molar-refractivity contribution in [1.82, 2.24) is 0 Å². The van der Waals surface area contributed by atoms with Gasteiger partial charge in [0, 0.05) is 35.6 Å². The van der Waals surface area contributed by atoms with Crippen molar-refractivity contribution in [3.05, 3.63) is 91.5 Å². The Hall–Kier alpha value is -8.35. The molecule has 4 amide bonds. The zero-order valence-electron chi connectivity index (χ0n) is 48.5. The van der Waals surface area contributed by atoms with E-state index in [1.807, 2.05) is 0 Å². The van der Waals surface area contributed by atoms with E-state index in [1.54, 1.807) is 41.5 Å². The van der Waals surface area contributed by atoms with Crippen LogP contribution in [0.15, 0.2) is 54.6 Å². The lowest BCUT2D eigenvalue weighted by Crippen LogP contribution is -2.44. The van der Waals surface area contributed by atoms with E-state index in [9.17, 15) is 88.5 Å². The molecule has 0 aromatic heterocycles. The first-order valence-electron chi connectivity index (χ1n) is 23.8. The second-order valence-corrected chi connectivity index (χ2v) is 22.9. The predicted molar refractivity (Wildman–Crippen MR) is 280 cm³/mol. The summed E-state index contributed by atoms with van der Waals surface area (Å²) in [5.41, 5.74) is -3.12. The SMILES string of the molecule is CC(C)(C)OC(=O)N(C(=O)OC(C)(C)C)c1ccc(N)cc1C(F)(F)F.CC(C)(C)OC(=O)N(C(=O)OC(C)(C)C)c1ccc([N+](=O)[O-])cc1C(F)(F)F.CC(C)(C)OC(=O)OC(=O)OC(C)(C)C.Nc1ccc([N+](=O)[O-])cc1C(F)(F)F. The number of non-ortho nitro benzene ring substituents is 2. The molecule has 0 saturated heterocycles. The summed E-state index contributed by atoms with van der Waals surface area (Å²) in [4.78, 5) is 91.3. The number of ether oxygens (including phenoxy) is 7. The average molecular weight is 1210 g/mol. The van der Waals surface area contributed by atoms with E-state index in [0.29, 0.717) is 18.2 Å². The molecule has 0 atom stereocenters. The minimum atomic E-state index is -5.09. The van der Waals surface area contributed by atoms with Crippen molar-refractivity contribution in [2.75, 3.05) is 21.3 Å². The second-order valence-electron chi connectivity index (χ2n) is 22.9. The number of imide groups is 2. The van der Waals surface area contributed by atoms with Gasteiger partial charge in [-0.3, -0.25) is 20.2 Å². The molecule has 23 nitrogen and oxygen atoms in total. The smallest absolute Gasteiger partial charge is 0.443 e. The first kappa shape index (κ1) is 74.6. The molecule has 3 rings (SSSR count). The minimum absolute atomic E-state index is 0.0725. The summed E-state index contributed by atoms with van der Waals surface area (Å²) in [6, 6.07) is 6.52. The quantitative estimate of drug-likeness (QED) is 0.0466. The minimum Gasteiger partial charge on any atom is -0.443 e. The number of nitrogens with zero attached hydrogens (tertiary/aromatic N) is 4. The molecule has 3 aromatic rings. The van der Waals surface area contributed by atoms with Crippen LogP contribution in [-0.4, -0.2) is 80.1 Å². The standard InChI is InChI=1S/C17H21F3N2O6.C17H23F3N2O4.C10H18O5.C7H5F3N2O2/c1-15(2,3)27-13(23)21(14(24)28-16(4,5)6)12-8-7-10(22(25)26)9-11(12)17(18,19)20;1-15(2,3)25-13(23)22(14(24)26-16(4,5)6)12-8-7-10(21)9-11(12)17(18,19)20;1-9(2,3)14-7(11)13-8(12)15-10(4,5)6;8-7(9,10)5-3-4(12(13)14)1-2-6(5)11/h7-9H,1-6H3;7-9H,21H2,1-6H3;1-6H3;1-3H,11H2. The normalized spacial score (nSPS) is 12.1. The third kappa shape index (κ3) is 28.8. The van der Waals surface area contributed by atoms with Crippen molar-refractivity contribution >= 4 is 70.8 Å². The molecule has 4 N–H and O–H groups in total. The molecule has 0 radical (unpaired) electrons. The number of rotatable bonds is 4. The highest BCUT2D eigenvalue weighted by Gasteiger charge is 2.44. The number of nitrogens with two attached hydrogens (primary N) is 2. The summed E-state index contributed by atoms with van der Waals surface area (Å²) < 4.78 is 151. The van der Waals surface area contributed by atoms with Crippen LogP contribution >= 0.6 is 0 Å². The number of alkyl halides is 9. The van der Waals surface area contributed by atoms with Crippen LogP contribution in [0.5, 0.6) is 0 Å². The number of amides is 4. The molecule has 3 aromatic carbocycles. The van der Waals surface area contributed by atoms with Crippen molar-refractivity contribution in [3.63, 3.8) is 0 Å². The second kappa shape index (κ2) is 27.6. The van der Waals surface area contributed by atoms with E-state index in [2.05, 4.69) is 4.74 Å². The Balaban J connectivity index is 0.00000113. The van der Waals surface area contributed by atoms with Gasteiger partial charge in [-0.25, -0.2) is 28.8 Å². The number of anilines is 4. The number of halogens is 9. The molecule has 32 heteroatoms. The topological polar surface area (TPSA) is 312 Å². The number of carbonyl (C=O) groups is 6. The third-order valence-electron chi connectivity index (χ3n) is 8.11. The van der Waals surface area contributed by atoms with E-state index in [0.717, 1.165) is 30.3 Å². The van der Waals surface area contributed by atoms with Gasteiger partial charge in [0.05, 0.1) is 37.9 Å². The Labute approximate surface area is 470 Å². The first-order chi connectivity index (χ1) is 36.7. The number of benzene rings is 3. The van der Waals surface area contributed by atoms with E-state index < -0.39 is 144 Å². The molecule has 83 heavy (non-hydrogen) atoms. The number of hydrogen-bond donors (Lipinski definition) is 2. The largest absolute Gasteiger partial charge is 0.519 e. The summed E-state index contributed by atoms with van der Waals surface area (Å²) in [5, 5.41) is 21.0. The molecule has 0 aliphatic carbocycles. The highest BCUT2D eigenvalue weighted by atomic mass is 19.4. The van der Waals surface area contributed by atoms with Crippen molar-refractivity contribution in [3.8, 4) is 0 Å². The first-order valence-corrected chi connectivity index (χ1v) is 23.8. The summed E-state index contributed by atoms with van der Waals surface area (Å²) in [7, 11) is 0. The van der Waals surface area contributed by atoms with E-state index >= 15 is 0 Å². The molecule has 0 aliphatic heterocycles. The molecular weight excluding hydrogens is 1140 g/mol. The number of nitro groups is 2. The van der Waals surface area contributed by atoms with Gasteiger partial charge >= 0.3 is 55.2 Å².